The maximum absolute atomic E-state index is 8.70. The molecule has 0 bridgehead atoms. The highest BCUT2D eigenvalue weighted by molar-refractivity contribution is 7.81. The van der Waals surface area contributed by atoms with Gasteiger partial charge in [0.15, 0.2) is 0 Å². The zero-order chi connectivity index (χ0) is 15.0. The molecular formula is C14H32O2S2. The van der Waals surface area contributed by atoms with Gasteiger partial charge in [-0.3, -0.25) is 0 Å². The first kappa shape index (κ1) is 20.9. The summed E-state index contributed by atoms with van der Waals surface area (Å²) in [5.74, 6) is 2.52. The van der Waals surface area contributed by atoms with E-state index in [4.69, 9.17) is 10.2 Å². The van der Waals surface area contributed by atoms with E-state index in [9.17, 15) is 0 Å². The van der Waals surface area contributed by atoms with E-state index >= 15 is 0 Å². The summed E-state index contributed by atoms with van der Waals surface area (Å²) in [7, 11) is 0. The average molecular weight is 297 g/mol. The Labute approximate surface area is 124 Å². The van der Waals surface area contributed by atoms with E-state index in [2.05, 4.69) is 46.0 Å². The highest BCUT2D eigenvalue weighted by Gasteiger charge is 2.22. The number of rotatable bonds is 4. The van der Waals surface area contributed by atoms with Crippen LogP contribution in [0.3, 0.4) is 0 Å². The van der Waals surface area contributed by atoms with Gasteiger partial charge in [-0.15, -0.1) is 0 Å². The third-order valence-corrected chi connectivity index (χ3v) is 4.21. The molecule has 0 rings (SSSR count). The Hall–Kier alpha value is 0.620. The summed E-state index contributed by atoms with van der Waals surface area (Å²) in [5, 5.41) is 17.4. The summed E-state index contributed by atoms with van der Waals surface area (Å²) in [5.41, 5.74) is 0.382. The van der Waals surface area contributed by atoms with E-state index in [0.717, 1.165) is 11.5 Å². The Bertz CT molecular complexity index is 165. The highest BCUT2D eigenvalue weighted by Crippen LogP contribution is 2.27. The lowest BCUT2D eigenvalue weighted by atomic mass is 9.82. The van der Waals surface area contributed by atoms with Gasteiger partial charge in [0.25, 0.3) is 0 Å². The van der Waals surface area contributed by atoms with Crippen LogP contribution in [-0.4, -0.2) is 34.9 Å². The van der Waals surface area contributed by atoms with Crippen molar-refractivity contribution in [3.8, 4) is 0 Å². The zero-order valence-electron chi connectivity index (χ0n) is 12.8. The molecule has 0 radical (unpaired) electrons. The van der Waals surface area contributed by atoms with Crippen molar-refractivity contribution in [2.45, 2.75) is 41.5 Å². The predicted octanol–water partition coefficient (Wildman–Crippen LogP) is 3.14. The van der Waals surface area contributed by atoms with Crippen molar-refractivity contribution in [3.63, 3.8) is 0 Å². The summed E-state index contributed by atoms with van der Waals surface area (Å²) in [6.45, 7) is 12.8. The van der Waals surface area contributed by atoms with Crippen LogP contribution in [0.25, 0.3) is 0 Å². The predicted molar refractivity (Wildman–Crippen MR) is 87.8 cm³/mol. The molecule has 18 heavy (non-hydrogen) atoms. The van der Waals surface area contributed by atoms with Crippen LogP contribution >= 0.6 is 25.3 Å². The number of aliphatic hydroxyl groups excluding tert-OH is 2. The van der Waals surface area contributed by atoms with Gasteiger partial charge in [-0.05, 0) is 28.3 Å². The lowest BCUT2D eigenvalue weighted by Crippen LogP contribution is -2.26. The first-order valence-electron chi connectivity index (χ1n) is 6.48. The van der Waals surface area contributed by atoms with Gasteiger partial charge in [-0.25, -0.2) is 0 Å². The van der Waals surface area contributed by atoms with Gasteiger partial charge >= 0.3 is 0 Å². The molecule has 0 spiro atoms. The molecule has 0 aromatic carbocycles. The molecule has 0 unspecified atom stereocenters. The minimum absolute atomic E-state index is 0.0116. The van der Waals surface area contributed by atoms with E-state index in [1.807, 2.05) is 20.8 Å². The minimum Gasteiger partial charge on any atom is -0.396 e. The summed E-state index contributed by atoms with van der Waals surface area (Å²) in [6.07, 6.45) is 0. The second-order valence-electron chi connectivity index (χ2n) is 6.86. The standard InChI is InChI=1S/C7H16O2.C7H16S2/c2*1-7(2,3)6(4-8)5-9/h2*6,8-9H,4-5H2,1-3H3. The fourth-order valence-corrected chi connectivity index (χ4v) is 2.77. The Morgan fingerprint density at radius 2 is 1.00 bits per heavy atom. The first-order valence-corrected chi connectivity index (χ1v) is 7.74. The molecule has 2 nitrogen and oxygen atoms in total. The molecule has 112 valence electrons. The normalized spacial score (nSPS) is 12.7. The van der Waals surface area contributed by atoms with Crippen LogP contribution in [0.15, 0.2) is 0 Å². The van der Waals surface area contributed by atoms with Crippen LogP contribution < -0.4 is 0 Å². The summed E-state index contributed by atoms with van der Waals surface area (Å²) >= 11 is 8.48. The molecule has 0 fully saturated rings. The van der Waals surface area contributed by atoms with Crippen molar-refractivity contribution in [2.75, 3.05) is 24.7 Å². The van der Waals surface area contributed by atoms with Gasteiger partial charge in [0.05, 0.1) is 0 Å². The average Bonchev–Trinajstić information content (AvgIpc) is 2.17. The minimum atomic E-state index is 0.0116. The van der Waals surface area contributed by atoms with Crippen LogP contribution in [0.2, 0.25) is 0 Å². The van der Waals surface area contributed by atoms with Crippen molar-refractivity contribution in [1.82, 2.24) is 0 Å². The Balaban J connectivity index is 0. The quantitative estimate of drug-likeness (QED) is 0.602. The topological polar surface area (TPSA) is 40.5 Å². The van der Waals surface area contributed by atoms with Gasteiger partial charge in [-0.1, -0.05) is 41.5 Å². The third-order valence-electron chi connectivity index (χ3n) is 3.33. The van der Waals surface area contributed by atoms with E-state index in [1.165, 1.54) is 0 Å². The van der Waals surface area contributed by atoms with Gasteiger partial charge < -0.3 is 10.2 Å². The molecule has 0 aliphatic heterocycles. The van der Waals surface area contributed by atoms with Gasteiger partial charge in [0.1, 0.15) is 0 Å². The Kier molecular flexibility index (Phi) is 11.1. The van der Waals surface area contributed by atoms with Crippen molar-refractivity contribution in [2.24, 2.45) is 22.7 Å². The van der Waals surface area contributed by atoms with Crippen LogP contribution in [0.1, 0.15) is 41.5 Å². The SMILES string of the molecule is CC(C)(C)C(CO)CO.CC(C)(C)C(CS)CS. The maximum atomic E-state index is 8.70. The van der Waals surface area contributed by atoms with Gasteiger partial charge in [-0.2, -0.15) is 25.3 Å². The van der Waals surface area contributed by atoms with Crippen molar-refractivity contribution in [3.05, 3.63) is 0 Å². The van der Waals surface area contributed by atoms with E-state index in [1.54, 1.807) is 0 Å². The van der Waals surface area contributed by atoms with Crippen molar-refractivity contribution < 1.29 is 10.2 Å². The molecule has 2 N–H and O–H groups in total. The monoisotopic (exact) mass is 296 g/mol. The van der Waals surface area contributed by atoms with Gasteiger partial charge in [0.2, 0.25) is 0 Å². The molecule has 0 amide bonds. The molecule has 0 heterocycles. The molecule has 0 atom stereocenters. The first-order chi connectivity index (χ1) is 8.04. The molecular weight excluding hydrogens is 264 g/mol. The zero-order valence-corrected chi connectivity index (χ0v) is 14.6. The molecule has 0 aromatic rings. The molecule has 0 saturated carbocycles. The van der Waals surface area contributed by atoms with Crippen LogP contribution in [-0.2, 0) is 0 Å². The number of hydrogen-bond acceptors (Lipinski definition) is 4. The summed E-state index contributed by atoms with van der Waals surface area (Å²) < 4.78 is 0. The maximum Gasteiger partial charge on any atom is 0.0486 e. The Morgan fingerprint density at radius 3 is 1.00 bits per heavy atom. The highest BCUT2D eigenvalue weighted by atomic mass is 32.1. The fourth-order valence-electron chi connectivity index (χ4n) is 1.21. The van der Waals surface area contributed by atoms with E-state index in [0.29, 0.717) is 11.3 Å². The second kappa shape index (κ2) is 9.51. The van der Waals surface area contributed by atoms with Crippen LogP contribution in [0, 0.1) is 22.7 Å². The van der Waals surface area contributed by atoms with Crippen LogP contribution in [0.4, 0.5) is 0 Å². The summed E-state index contributed by atoms with van der Waals surface area (Å²) in [4.78, 5) is 0. The van der Waals surface area contributed by atoms with Crippen LogP contribution in [0.5, 0.6) is 0 Å². The lowest BCUT2D eigenvalue weighted by molar-refractivity contribution is 0.0721. The van der Waals surface area contributed by atoms with Gasteiger partial charge in [0, 0.05) is 19.1 Å². The number of thiol groups is 2. The van der Waals surface area contributed by atoms with Crippen molar-refractivity contribution in [1.29, 1.82) is 0 Å². The molecule has 0 aliphatic carbocycles. The fraction of sp³-hybridized carbons (Fsp3) is 1.00. The van der Waals surface area contributed by atoms with E-state index in [-0.39, 0.29) is 24.5 Å². The third kappa shape index (κ3) is 9.54. The Morgan fingerprint density at radius 1 is 0.722 bits per heavy atom. The molecule has 0 aromatic heterocycles. The lowest BCUT2D eigenvalue weighted by Gasteiger charge is -2.27. The largest absolute Gasteiger partial charge is 0.396 e. The second-order valence-corrected chi connectivity index (χ2v) is 7.59. The smallest absolute Gasteiger partial charge is 0.0486 e. The number of hydrogen-bond donors (Lipinski definition) is 4. The summed E-state index contributed by atoms with van der Waals surface area (Å²) in [6, 6.07) is 0. The molecule has 0 aliphatic rings. The number of aliphatic hydroxyl groups is 2. The van der Waals surface area contributed by atoms with Crippen molar-refractivity contribution >= 4 is 25.3 Å². The molecule has 0 saturated heterocycles. The van der Waals surface area contributed by atoms with E-state index < -0.39 is 0 Å². The molecule has 4 heteroatoms.